The van der Waals surface area contributed by atoms with Crippen molar-refractivity contribution >= 4 is 35.4 Å². The molecule has 3 aromatic rings. The monoisotopic (exact) mass is 591 g/mol. The number of rotatable bonds is 5. The van der Waals surface area contributed by atoms with Gasteiger partial charge in [0, 0.05) is 51.0 Å². The van der Waals surface area contributed by atoms with Gasteiger partial charge in [-0.05, 0) is 74.2 Å². The van der Waals surface area contributed by atoms with Gasteiger partial charge in [0.25, 0.3) is 0 Å². The van der Waals surface area contributed by atoms with Gasteiger partial charge in [0.1, 0.15) is 5.60 Å². The van der Waals surface area contributed by atoms with Gasteiger partial charge in [-0.2, -0.15) is 0 Å². The topological polar surface area (TPSA) is 105 Å². The number of aromatic nitrogens is 3. The standard InChI is InChI=1S/C31H38ClN7O3/c1-6-34-29(40)36-27(25-18-33-19-37(25)5)24-16-20-8-7-11-35-26(20)28(22-10-9-21(32)17-23(22)24)38-12-14-39(15-13-38)30(41)42-31(2,3)4/h7-11,16-19,27-28H,6,12-15H2,1-5H3,(H2,34,36,40)/t27-,28+/m1/s1. The van der Waals surface area contributed by atoms with Crippen molar-refractivity contribution in [3.8, 4) is 0 Å². The largest absolute Gasteiger partial charge is 0.444 e. The van der Waals surface area contributed by atoms with Gasteiger partial charge in [-0.15, -0.1) is 0 Å². The molecule has 1 saturated heterocycles. The molecule has 1 aliphatic heterocycles. The van der Waals surface area contributed by atoms with Crippen molar-refractivity contribution in [1.82, 2.24) is 35.0 Å². The van der Waals surface area contributed by atoms with Crippen LogP contribution in [0.1, 0.15) is 67.9 Å². The Morgan fingerprint density at radius 1 is 1.17 bits per heavy atom. The molecule has 3 heterocycles. The Kier molecular flexibility index (Phi) is 8.56. The molecule has 2 aromatic heterocycles. The van der Waals surface area contributed by atoms with Crippen LogP contribution in [0.15, 0.2) is 49.1 Å². The summed E-state index contributed by atoms with van der Waals surface area (Å²) in [5, 5.41) is 6.62. The van der Waals surface area contributed by atoms with E-state index in [1.165, 1.54) is 0 Å². The summed E-state index contributed by atoms with van der Waals surface area (Å²) in [6, 6.07) is 8.88. The van der Waals surface area contributed by atoms with Gasteiger partial charge < -0.3 is 24.8 Å². The van der Waals surface area contributed by atoms with E-state index in [-0.39, 0.29) is 18.2 Å². The number of hydrogen-bond acceptors (Lipinski definition) is 6. The van der Waals surface area contributed by atoms with Gasteiger partial charge in [0.15, 0.2) is 0 Å². The SMILES string of the molecule is CCNC(=O)N[C@H](C1=Cc2cccnc2[C@@H](N2CCN(C(=O)OC(C)(C)C)CC2)c2ccc(Cl)cc21)c1cncn1C. The summed E-state index contributed by atoms with van der Waals surface area (Å²) in [4.78, 5) is 39.0. The molecule has 3 amide bonds. The maximum atomic E-state index is 12.9. The molecule has 1 fully saturated rings. The highest BCUT2D eigenvalue weighted by molar-refractivity contribution is 6.30. The minimum absolute atomic E-state index is 0.195. The Morgan fingerprint density at radius 2 is 1.93 bits per heavy atom. The molecule has 2 aliphatic rings. The predicted octanol–water partition coefficient (Wildman–Crippen LogP) is 5.03. The number of fused-ring (bicyclic) bond motifs is 2. The molecule has 0 radical (unpaired) electrons. The van der Waals surface area contributed by atoms with Crippen LogP contribution in [-0.2, 0) is 11.8 Å². The van der Waals surface area contributed by atoms with Gasteiger partial charge in [-0.25, -0.2) is 14.6 Å². The number of piperazine rings is 1. The third-order valence-corrected chi connectivity index (χ3v) is 7.70. The van der Waals surface area contributed by atoms with E-state index in [1.54, 1.807) is 17.4 Å². The zero-order valence-electron chi connectivity index (χ0n) is 24.7. The second-order valence-electron chi connectivity index (χ2n) is 11.6. The Hall–Kier alpha value is -3.89. The summed E-state index contributed by atoms with van der Waals surface area (Å²) in [6.45, 7) is 10.4. The van der Waals surface area contributed by atoms with Gasteiger partial charge in [-0.1, -0.05) is 23.7 Å². The van der Waals surface area contributed by atoms with Crippen LogP contribution in [0.25, 0.3) is 11.6 Å². The zero-order valence-corrected chi connectivity index (χ0v) is 25.5. The first-order valence-electron chi connectivity index (χ1n) is 14.2. The molecule has 2 N–H and O–H groups in total. The molecule has 0 saturated carbocycles. The van der Waals surface area contributed by atoms with Gasteiger partial charge >= 0.3 is 12.1 Å². The van der Waals surface area contributed by atoms with Crippen LogP contribution in [0.4, 0.5) is 9.59 Å². The van der Waals surface area contributed by atoms with Crippen molar-refractivity contribution in [3.05, 3.63) is 82.2 Å². The quantitative estimate of drug-likeness (QED) is 0.431. The summed E-state index contributed by atoms with van der Waals surface area (Å²) in [5.74, 6) is 0. The number of pyridine rings is 1. The molecule has 10 nitrogen and oxygen atoms in total. The maximum absolute atomic E-state index is 12.9. The second kappa shape index (κ2) is 12.1. The lowest BCUT2D eigenvalue weighted by Gasteiger charge is -2.40. The third kappa shape index (κ3) is 6.29. The molecule has 1 aromatic carbocycles. The van der Waals surface area contributed by atoms with Crippen LogP contribution in [0.2, 0.25) is 5.02 Å². The average Bonchev–Trinajstić information content (AvgIpc) is 3.31. The number of hydrogen-bond donors (Lipinski definition) is 2. The highest BCUT2D eigenvalue weighted by Crippen LogP contribution is 2.44. The predicted molar refractivity (Wildman–Crippen MR) is 163 cm³/mol. The fourth-order valence-electron chi connectivity index (χ4n) is 5.59. The molecular weight excluding hydrogens is 554 g/mol. The molecule has 0 bridgehead atoms. The minimum atomic E-state index is -0.550. The lowest BCUT2D eigenvalue weighted by atomic mass is 9.90. The molecular formula is C31H38ClN7O3. The minimum Gasteiger partial charge on any atom is -0.444 e. The van der Waals surface area contributed by atoms with Gasteiger partial charge in [0.2, 0.25) is 0 Å². The summed E-state index contributed by atoms with van der Waals surface area (Å²) in [5.41, 5.74) is 4.96. The number of aryl methyl sites for hydroxylation is 1. The van der Waals surface area contributed by atoms with E-state index >= 15 is 0 Å². The van der Waals surface area contributed by atoms with E-state index in [1.807, 2.05) is 75.8 Å². The number of imidazole rings is 1. The molecule has 5 rings (SSSR count). The first-order valence-corrected chi connectivity index (χ1v) is 14.6. The third-order valence-electron chi connectivity index (χ3n) is 7.47. The van der Waals surface area contributed by atoms with E-state index in [4.69, 9.17) is 21.3 Å². The van der Waals surface area contributed by atoms with E-state index < -0.39 is 11.6 Å². The zero-order chi connectivity index (χ0) is 30.0. The Labute approximate surface area is 251 Å². The molecule has 1 aliphatic carbocycles. The molecule has 11 heteroatoms. The van der Waals surface area contributed by atoms with Crippen LogP contribution in [0.5, 0.6) is 0 Å². The van der Waals surface area contributed by atoms with Crippen molar-refractivity contribution in [2.24, 2.45) is 7.05 Å². The Morgan fingerprint density at radius 3 is 2.60 bits per heavy atom. The summed E-state index contributed by atoms with van der Waals surface area (Å²) < 4.78 is 7.53. The molecule has 2 atom stereocenters. The lowest BCUT2D eigenvalue weighted by Crippen LogP contribution is -2.51. The van der Waals surface area contributed by atoms with Crippen molar-refractivity contribution < 1.29 is 14.3 Å². The van der Waals surface area contributed by atoms with Crippen LogP contribution in [0.3, 0.4) is 0 Å². The van der Waals surface area contributed by atoms with Crippen LogP contribution in [0, 0.1) is 0 Å². The van der Waals surface area contributed by atoms with Crippen molar-refractivity contribution in [1.29, 1.82) is 0 Å². The molecule has 0 spiro atoms. The summed E-state index contributed by atoms with van der Waals surface area (Å²) >= 11 is 6.63. The highest BCUT2D eigenvalue weighted by Gasteiger charge is 2.36. The van der Waals surface area contributed by atoms with E-state index in [0.29, 0.717) is 37.7 Å². The number of carbonyl (C=O) groups is 2. The molecule has 222 valence electrons. The smallest absolute Gasteiger partial charge is 0.410 e. The van der Waals surface area contributed by atoms with E-state index in [0.717, 1.165) is 33.7 Å². The number of carbonyl (C=O) groups excluding carboxylic acids is 2. The van der Waals surface area contributed by atoms with Crippen molar-refractivity contribution in [2.45, 2.75) is 45.4 Å². The number of benzene rings is 1. The first kappa shape index (κ1) is 29.6. The van der Waals surface area contributed by atoms with Crippen LogP contribution in [-0.4, -0.2) is 74.8 Å². The summed E-state index contributed by atoms with van der Waals surface area (Å²) in [6.07, 6.45) is 7.10. The fourth-order valence-corrected chi connectivity index (χ4v) is 5.76. The first-order chi connectivity index (χ1) is 20.1. The van der Waals surface area contributed by atoms with Crippen molar-refractivity contribution in [2.75, 3.05) is 32.7 Å². The Bertz CT molecular complexity index is 1490. The average molecular weight is 592 g/mol. The van der Waals surface area contributed by atoms with E-state index in [2.05, 4.69) is 26.6 Å². The van der Waals surface area contributed by atoms with Gasteiger partial charge in [-0.3, -0.25) is 9.88 Å². The van der Waals surface area contributed by atoms with Crippen LogP contribution < -0.4 is 10.6 Å². The summed E-state index contributed by atoms with van der Waals surface area (Å²) in [7, 11) is 1.91. The Balaban J connectivity index is 1.58. The lowest BCUT2D eigenvalue weighted by molar-refractivity contribution is 0.0118. The number of ether oxygens (including phenoxy) is 1. The number of urea groups is 1. The number of amides is 3. The second-order valence-corrected chi connectivity index (χ2v) is 12.0. The highest BCUT2D eigenvalue weighted by atomic mass is 35.5. The molecule has 0 unspecified atom stereocenters. The number of halogens is 1. The fraction of sp³-hybridized carbons (Fsp3) is 0.419. The number of nitrogens with zero attached hydrogens (tertiary/aromatic N) is 5. The normalized spacial score (nSPS) is 17.8. The van der Waals surface area contributed by atoms with E-state index in [9.17, 15) is 9.59 Å². The maximum Gasteiger partial charge on any atom is 0.410 e. The van der Waals surface area contributed by atoms with Gasteiger partial charge in [0.05, 0.1) is 36.0 Å². The number of nitrogens with one attached hydrogen (secondary N) is 2. The van der Waals surface area contributed by atoms with Crippen molar-refractivity contribution in [3.63, 3.8) is 0 Å². The van der Waals surface area contributed by atoms with Crippen LogP contribution >= 0.6 is 11.6 Å². The molecule has 42 heavy (non-hydrogen) atoms.